The number of aldehydes is 1. The predicted molar refractivity (Wildman–Crippen MR) is 70.8 cm³/mol. The molecule has 0 aliphatic rings. The maximum absolute atomic E-state index is 10.4. The monoisotopic (exact) mass is 319 g/mol. The summed E-state index contributed by atoms with van der Waals surface area (Å²) in [5.74, 6) is 0.499. The van der Waals surface area contributed by atoms with E-state index in [0.29, 0.717) is 12.3 Å². The predicted octanol–water partition coefficient (Wildman–Crippen LogP) is 3.51. The summed E-state index contributed by atoms with van der Waals surface area (Å²) in [7, 11) is 0. The summed E-state index contributed by atoms with van der Waals surface area (Å²) in [6, 6.07) is 2.03. The fraction of sp³-hybridized carbons (Fsp3) is 0.667. The standard InChI is InChI=1S/C12H18INO/c1-11(5-8-13)12(2,6-3-9-14)7-4-10-15/h3,6,10-11H,4-5,7-8H2,1-2H3/b6-3+/t11-,12+/m0/s1. The van der Waals surface area contributed by atoms with Gasteiger partial charge in [0.1, 0.15) is 6.29 Å². The normalized spacial score (nSPS) is 16.9. The Balaban J connectivity index is 4.60. The molecule has 0 amide bonds. The zero-order valence-corrected chi connectivity index (χ0v) is 11.5. The fourth-order valence-electron chi connectivity index (χ4n) is 1.58. The van der Waals surface area contributed by atoms with E-state index in [2.05, 4.69) is 36.4 Å². The molecule has 2 nitrogen and oxygen atoms in total. The van der Waals surface area contributed by atoms with Crippen molar-refractivity contribution < 1.29 is 4.79 Å². The minimum absolute atomic E-state index is 0.0260. The highest BCUT2D eigenvalue weighted by molar-refractivity contribution is 14.1. The maximum atomic E-state index is 10.4. The van der Waals surface area contributed by atoms with Gasteiger partial charge in [-0.2, -0.15) is 5.26 Å². The second-order valence-electron chi connectivity index (χ2n) is 4.05. The zero-order chi connectivity index (χ0) is 11.7. The Morgan fingerprint density at radius 2 is 2.27 bits per heavy atom. The van der Waals surface area contributed by atoms with Crippen LogP contribution in [-0.2, 0) is 4.79 Å². The smallest absolute Gasteiger partial charge is 0.120 e. The quantitative estimate of drug-likeness (QED) is 0.312. The Hall–Kier alpha value is -0.370. The van der Waals surface area contributed by atoms with Crippen LogP contribution in [0.15, 0.2) is 12.2 Å². The van der Waals surface area contributed by atoms with Crippen LogP contribution in [0.25, 0.3) is 0 Å². The second kappa shape index (κ2) is 7.86. The average Bonchev–Trinajstić information content (AvgIpc) is 2.24. The molecule has 0 aliphatic heterocycles. The van der Waals surface area contributed by atoms with Crippen molar-refractivity contribution in [1.82, 2.24) is 0 Å². The number of carbonyl (C=O) groups excluding carboxylic acids is 1. The Bertz CT molecular complexity index is 257. The van der Waals surface area contributed by atoms with Gasteiger partial charge in [-0.25, -0.2) is 0 Å². The fourth-order valence-corrected chi connectivity index (χ4v) is 2.52. The third-order valence-electron chi connectivity index (χ3n) is 3.01. The summed E-state index contributed by atoms with van der Waals surface area (Å²) in [4.78, 5) is 10.4. The number of nitriles is 1. The van der Waals surface area contributed by atoms with Gasteiger partial charge in [0, 0.05) is 12.5 Å². The first kappa shape index (κ1) is 14.6. The van der Waals surface area contributed by atoms with E-state index in [9.17, 15) is 4.79 Å². The molecule has 0 N–H and O–H groups in total. The van der Waals surface area contributed by atoms with E-state index in [1.807, 2.05) is 12.1 Å². The van der Waals surface area contributed by atoms with Gasteiger partial charge >= 0.3 is 0 Å². The van der Waals surface area contributed by atoms with Crippen LogP contribution in [0.2, 0.25) is 0 Å². The molecule has 0 aromatic rings. The molecule has 0 aliphatic carbocycles. The molecule has 0 spiro atoms. The molecule has 0 unspecified atom stereocenters. The van der Waals surface area contributed by atoms with Gasteiger partial charge in [-0.1, -0.05) is 42.5 Å². The lowest BCUT2D eigenvalue weighted by molar-refractivity contribution is -0.108. The Kier molecular flexibility index (Phi) is 7.67. The highest BCUT2D eigenvalue weighted by Gasteiger charge is 2.27. The van der Waals surface area contributed by atoms with Gasteiger partial charge < -0.3 is 4.79 Å². The van der Waals surface area contributed by atoms with E-state index < -0.39 is 0 Å². The van der Waals surface area contributed by atoms with Crippen LogP contribution in [0.5, 0.6) is 0 Å². The molecule has 84 valence electrons. The minimum Gasteiger partial charge on any atom is -0.303 e. The molecule has 3 heteroatoms. The van der Waals surface area contributed by atoms with Gasteiger partial charge in [0.25, 0.3) is 0 Å². The first-order chi connectivity index (χ1) is 7.10. The summed E-state index contributed by atoms with van der Waals surface area (Å²) >= 11 is 2.36. The van der Waals surface area contributed by atoms with Crippen LogP contribution >= 0.6 is 22.6 Å². The summed E-state index contributed by atoms with van der Waals surface area (Å²) in [6.07, 6.45) is 6.95. The average molecular weight is 319 g/mol. The molecule has 0 saturated heterocycles. The van der Waals surface area contributed by atoms with Gasteiger partial charge in [-0.05, 0) is 28.6 Å². The van der Waals surface area contributed by atoms with Crippen LogP contribution in [0, 0.1) is 22.7 Å². The van der Waals surface area contributed by atoms with Crippen molar-refractivity contribution in [3.8, 4) is 6.07 Å². The number of hydrogen-bond acceptors (Lipinski definition) is 2. The van der Waals surface area contributed by atoms with E-state index in [-0.39, 0.29) is 5.41 Å². The van der Waals surface area contributed by atoms with Crippen LogP contribution in [0.4, 0.5) is 0 Å². The molecule has 0 radical (unpaired) electrons. The SMILES string of the molecule is C[C@@H](CCI)[C@](C)(/C=C/C#N)CCC=O. The topological polar surface area (TPSA) is 40.9 Å². The molecule has 0 saturated carbocycles. The highest BCUT2D eigenvalue weighted by Crippen LogP contribution is 2.36. The van der Waals surface area contributed by atoms with Crippen molar-refractivity contribution in [3.05, 3.63) is 12.2 Å². The van der Waals surface area contributed by atoms with Gasteiger partial charge in [-0.15, -0.1) is 0 Å². The van der Waals surface area contributed by atoms with Crippen LogP contribution < -0.4 is 0 Å². The lowest BCUT2D eigenvalue weighted by Crippen LogP contribution is -2.23. The van der Waals surface area contributed by atoms with E-state index in [0.717, 1.165) is 23.6 Å². The Morgan fingerprint density at radius 3 is 2.73 bits per heavy atom. The van der Waals surface area contributed by atoms with Crippen molar-refractivity contribution in [2.75, 3.05) is 4.43 Å². The number of allylic oxidation sites excluding steroid dienone is 2. The summed E-state index contributed by atoms with van der Waals surface area (Å²) in [5.41, 5.74) is -0.0260. The lowest BCUT2D eigenvalue weighted by atomic mass is 9.73. The van der Waals surface area contributed by atoms with Crippen molar-refractivity contribution in [3.63, 3.8) is 0 Å². The third kappa shape index (κ3) is 5.31. The van der Waals surface area contributed by atoms with Crippen molar-refractivity contribution in [2.24, 2.45) is 11.3 Å². The number of halogens is 1. The maximum Gasteiger partial charge on any atom is 0.120 e. The van der Waals surface area contributed by atoms with Gasteiger partial charge in [0.05, 0.1) is 6.07 Å². The first-order valence-corrected chi connectivity index (χ1v) is 6.70. The molecule has 2 atom stereocenters. The summed E-state index contributed by atoms with van der Waals surface area (Å²) < 4.78 is 1.11. The Morgan fingerprint density at radius 1 is 1.60 bits per heavy atom. The van der Waals surface area contributed by atoms with Crippen LogP contribution in [0.3, 0.4) is 0 Å². The number of alkyl halides is 1. The van der Waals surface area contributed by atoms with E-state index in [1.54, 1.807) is 0 Å². The van der Waals surface area contributed by atoms with Crippen molar-refractivity contribution >= 4 is 28.9 Å². The largest absolute Gasteiger partial charge is 0.303 e. The molecule has 0 heterocycles. The number of rotatable bonds is 7. The van der Waals surface area contributed by atoms with Gasteiger partial charge in [-0.3, -0.25) is 0 Å². The lowest BCUT2D eigenvalue weighted by Gasteiger charge is -2.32. The van der Waals surface area contributed by atoms with Gasteiger partial charge in [0.2, 0.25) is 0 Å². The van der Waals surface area contributed by atoms with Crippen LogP contribution in [-0.4, -0.2) is 10.7 Å². The van der Waals surface area contributed by atoms with Crippen LogP contribution in [0.1, 0.15) is 33.1 Å². The molecule has 0 bridgehead atoms. The number of hydrogen-bond donors (Lipinski definition) is 0. The first-order valence-electron chi connectivity index (χ1n) is 5.17. The molecular weight excluding hydrogens is 301 g/mol. The van der Waals surface area contributed by atoms with Crippen molar-refractivity contribution in [1.29, 1.82) is 5.26 Å². The molecular formula is C12H18INO. The molecule has 0 rings (SSSR count). The summed E-state index contributed by atoms with van der Waals surface area (Å²) in [5, 5.41) is 8.56. The minimum atomic E-state index is -0.0260. The highest BCUT2D eigenvalue weighted by atomic mass is 127. The van der Waals surface area contributed by atoms with E-state index in [4.69, 9.17) is 5.26 Å². The van der Waals surface area contributed by atoms with Crippen molar-refractivity contribution in [2.45, 2.75) is 33.1 Å². The number of carbonyl (C=O) groups is 1. The number of nitrogens with zero attached hydrogens (tertiary/aromatic N) is 1. The molecule has 0 aromatic heterocycles. The molecule has 0 fully saturated rings. The molecule has 15 heavy (non-hydrogen) atoms. The third-order valence-corrected chi connectivity index (χ3v) is 3.63. The Labute approximate surface area is 106 Å². The molecule has 0 aromatic carbocycles. The second-order valence-corrected chi connectivity index (χ2v) is 5.13. The van der Waals surface area contributed by atoms with E-state index >= 15 is 0 Å². The van der Waals surface area contributed by atoms with Gasteiger partial charge in [0.15, 0.2) is 0 Å². The van der Waals surface area contributed by atoms with E-state index in [1.165, 1.54) is 6.08 Å². The summed E-state index contributed by atoms with van der Waals surface area (Å²) in [6.45, 7) is 4.31. The zero-order valence-electron chi connectivity index (χ0n) is 9.37.